The number of aliphatic hydroxyl groups is 1. The maximum Gasteiger partial charge on any atom is 0.155 e. The summed E-state index contributed by atoms with van der Waals surface area (Å²) >= 11 is 0. The Morgan fingerprint density at radius 1 is 1.36 bits per heavy atom. The van der Waals surface area contributed by atoms with E-state index in [9.17, 15) is 15.2 Å². The van der Waals surface area contributed by atoms with Gasteiger partial charge in [-0.15, -0.1) is 0 Å². The number of allylic oxidation sites excluding steroid dienone is 1. The van der Waals surface area contributed by atoms with E-state index < -0.39 is 0 Å². The normalized spacial score (nSPS) is 48.9. The van der Waals surface area contributed by atoms with Crippen LogP contribution in [-0.2, 0) is 4.79 Å². The van der Waals surface area contributed by atoms with E-state index in [2.05, 4.69) is 26.5 Å². The minimum Gasteiger partial charge on any atom is -0.396 e. The molecule has 4 aliphatic carbocycles. The van der Waals surface area contributed by atoms with Crippen molar-refractivity contribution in [3.63, 3.8) is 0 Å². The molecule has 0 amide bonds. The summed E-state index contributed by atoms with van der Waals surface area (Å²) in [6, 6.07) is 2.54. The van der Waals surface area contributed by atoms with Crippen LogP contribution >= 0.6 is 0 Å². The molecule has 3 fully saturated rings. The number of rotatable bonds is 1. The van der Waals surface area contributed by atoms with Gasteiger partial charge in [-0.2, -0.15) is 5.26 Å². The highest BCUT2D eigenvalue weighted by Crippen LogP contribution is 2.68. The van der Waals surface area contributed by atoms with E-state index in [1.165, 1.54) is 5.57 Å². The molecule has 3 heteroatoms. The number of ketones is 1. The van der Waals surface area contributed by atoms with E-state index in [1.54, 1.807) is 0 Å². The highest BCUT2D eigenvalue weighted by atomic mass is 16.3. The Hall–Kier alpha value is -1.40. The van der Waals surface area contributed by atoms with Crippen molar-refractivity contribution in [3.8, 4) is 6.07 Å². The van der Waals surface area contributed by atoms with Crippen LogP contribution in [0.2, 0.25) is 0 Å². The maximum absolute atomic E-state index is 12.0. The molecule has 0 saturated heterocycles. The molecule has 0 radical (unpaired) electrons. The highest BCUT2D eigenvalue weighted by Gasteiger charge is 2.61. The Bertz CT molecular complexity index is 701. The third kappa shape index (κ3) is 2.16. The molecule has 1 N–H and O–H groups in total. The maximum atomic E-state index is 12.0. The van der Waals surface area contributed by atoms with Gasteiger partial charge in [0.2, 0.25) is 0 Å². The molecule has 4 rings (SSSR count). The molecule has 134 valence electrons. The van der Waals surface area contributed by atoms with Gasteiger partial charge in [-0.1, -0.05) is 31.6 Å². The Morgan fingerprint density at radius 3 is 2.80 bits per heavy atom. The van der Waals surface area contributed by atoms with E-state index in [-0.39, 0.29) is 35.1 Å². The van der Waals surface area contributed by atoms with Crippen molar-refractivity contribution in [2.24, 2.45) is 40.4 Å². The lowest BCUT2D eigenvalue weighted by Gasteiger charge is -2.59. The Balaban J connectivity index is 1.76. The molecule has 0 unspecified atom stereocenters. The third-order valence-corrected chi connectivity index (χ3v) is 8.46. The van der Waals surface area contributed by atoms with Crippen molar-refractivity contribution in [1.29, 1.82) is 5.26 Å². The lowest BCUT2D eigenvalue weighted by molar-refractivity contribution is -0.118. The molecular formula is C22H29NO2. The van der Waals surface area contributed by atoms with Gasteiger partial charge in [0.15, 0.2) is 5.78 Å². The van der Waals surface area contributed by atoms with Gasteiger partial charge >= 0.3 is 0 Å². The van der Waals surface area contributed by atoms with Crippen LogP contribution in [0.1, 0.15) is 52.4 Å². The minimum atomic E-state index is -0.0243. The molecule has 3 nitrogen and oxygen atoms in total. The Labute approximate surface area is 150 Å². The molecule has 0 aromatic carbocycles. The minimum absolute atomic E-state index is 0.0243. The van der Waals surface area contributed by atoms with Crippen LogP contribution in [0.4, 0.5) is 0 Å². The zero-order valence-electron chi connectivity index (χ0n) is 15.4. The molecule has 0 aromatic rings. The van der Waals surface area contributed by atoms with Gasteiger partial charge < -0.3 is 5.11 Å². The number of carbonyl (C=O) groups excluding carboxylic acids is 1. The monoisotopic (exact) mass is 339 g/mol. The van der Waals surface area contributed by atoms with Crippen molar-refractivity contribution in [1.82, 2.24) is 0 Å². The summed E-state index contributed by atoms with van der Waals surface area (Å²) in [5, 5.41) is 19.8. The predicted molar refractivity (Wildman–Crippen MR) is 96.3 cm³/mol. The highest BCUT2D eigenvalue weighted by molar-refractivity contribution is 5.91. The first-order chi connectivity index (χ1) is 11.8. The van der Waals surface area contributed by atoms with E-state index in [4.69, 9.17) is 0 Å². The number of nitriles is 1. The van der Waals surface area contributed by atoms with Crippen molar-refractivity contribution in [3.05, 3.63) is 23.8 Å². The second-order valence-corrected chi connectivity index (χ2v) is 9.44. The quantitative estimate of drug-likeness (QED) is 0.733. The molecule has 0 heterocycles. The molecule has 7 atom stereocenters. The fraction of sp³-hybridized carbons (Fsp3) is 0.727. The standard InChI is InChI=1S/C22H29NO2/c1-13-8-19-16-9-14(12-24)18-10-15(25)4-6-21(18,2)17(16)5-7-22(19,3)20(13)11-23/h10,14,16-17,19-20,24H,1,4-9,12H2,2-3H3/t14-,16-,17+,19+,20+,21-,22+/m1/s1. The second-order valence-electron chi connectivity index (χ2n) is 9.44. The van der Waals surface area contributed by atoms with E-state index in [0.29, 0.717) is 24.2 Å². The van der Waals surface area contributed by atoms with Crippen molar-refractivity contribution in [2.75, 3.05) is 6.61 Å². The first-order valence-electron chi connectivity index (χ1n) is 9.78. The van der Waals surface area contributed by atoms with Gasteiger partial charge in [-0.25, -0.2) is 0 Å². The van der Waals surface area contributed by atoms with Gasteiger partial charge in [0.25, 0.3) is 0 Å². The predicted octanol–water partition coefficient (Wildman–Crippen LogP) is 4.04. The summed E-state index contributed by atoms with van der Waals surface area (Å²) in [7, 11) is 0. The largest absolute Gasteiger partial charge is 0.396 e. The number of hydrogen-bond donors (Lipinski definition) is 1. The molecule has 4 aliphatic rings. The van der Waals surface area contributed by atoms with Gasteiger partial charge in [0.1, 0.15) is 0 Å². The van der Waals surface area contributed by atoms with Gasteiger partial charge in [0.05, 0.1) is 12.0 Å². The fourth-order valence-corrected chi connectivity index (χ4v) is 7.15. The Morgan fingerprint density at radius 2 is 2.12 bits per heavy atom. The molecule has 0 bridgehead atoms. The van der Waals surface area contributed by atoms with Gasteiger partial charge in [-0.05, 0) is 66.8 Å². The number of fused-ring (bicyclic) bond motifs is 5. The summed E-state index contributed by atoms with van der Waals surface area (Å²) in [6.07, 6.45) is 7.54. The molecule has 3 saturated carbocycles. The number of carbonyl (C=O) groups is 1. The van der Waals surface area contributed by atoms with Gasteiger partial charge in [0, 0.05) is 18.9 Å². The topological polar surface area (TPSA) is 61.1 Å². The molecule has 0 aromatic heterocycles. The van der Waals surface area contributed by atoms with Gasteiger partial charge in [-0.3, -0.25) is 4.79 Å². The van der Waals surface area contributed by atoms with E-state index in [0.717, 1.165) is 37.7 Å². The summed E-state index contributed by atoms with van der Waals surface area (Å²) in [4.78, 5) is 12.0. The zero-order chi connectivity index (χ0) is 18.0. The second kappa shape index (κ2) is 5.55. The number of nitrogens with zero attached hydrogens (tertiary/aromatic N) is 1. The van der Waals surface area contributed by atoms with Crippen molar-refractivity contribution < 1.29 is 9.90 Å². The van der Waals surface area contributed by atoms with Crippen LogP contribution in [-0.4, -0.2) is 17.5 Å². The third-order valence-electron chi connectivity index (χ3n) is 8.46. The molecule has 0 spiro atoms. The summed E-state index contributed by atoms with van der Waals surface area (Å²) < 4.78 is 0. The van der Waals surface area contributed by atoms with E-state index in [1.807, 2.05) is 6.08 Å². The summed E-state index contributed by atoms with van der Waals surface area (Å²) in [5.41, 5.74) is 2.40. The molecular weight excluding hydrogens is 310 g/mol. The number of aliphatic hydroxyl groups excluding tert-OH is 1. The lowest BCUT2D eigenvalue weighted by atomic mass is 9.45. The zero-order valence-corrected chi connectivity index (χ0v) is 15.4. The van der Waals surface area contributed by atoms with Crippen LogP contribution in [0.5, 0.6) is 0 Å². The first kappa shape index (κ1) is 17.0. The Kier molecular flexibility index (Phi) is 3.78. The van der Waals surface area contributed by atoms with E-state index >= 15 is 0 Å². The number of hydrogen-bond acceptors (Lipinski definition) is 3. The molecule has 0 aliphatic heterocycles. The smallest absolute Gasteiger partial charge is 0.155 e. The SMILES string of the molecule is C=C1C[C@H]2[C@@H]3C[C@H](CO)C4=CC(=O)CC[C@]4(C)[C@H]3CC[C@]2(C)[C@H]1C#N. The molecule has 25 heavy (non-hydrogen) atoms. The summed E-state index contributed by atoms with van der Waals surface area (Å²) in [6.45, 7) is 8.99. The average Bonchev–Trinajstić information content (AvgIpc) is 2.84. The van der Waals surface area contributed by atoms with Crippen LogP contribution < -0.4 is 0 Å². The van der Waals surface area contributed by atoms with Crippen LogP contribution in [0.3, 0.4) is 0 Å². The fourth-order valence-electron chi connectivity index (χ4n) is 7.15. The average molecular weight is 339 g/mol. The van der Waals surface area contributed by atoms with Crippen LogP contribution in [0.15, 0.2) is 23.8 Å². The first-order valence-corrected chi connectivity index (χ1v) is 9.78. The van der Waals surface area contributed by atoms with Crippen molar-refractivity contribution >= 4 is 5.78 Å². The van der Waals surface area contributed by atoms with Crippen molar-refractivity contribution in [2.45, 2.75) is 52.4 Å². The van der Waals surface area contributed by atoms with Crippen LogP contribution in [0, 0.1) is 51.8 Å². The van der Waals surface area contributed by atoms with Crippen LogP contribution in [0.25, 0.3) is 0 Å². The lowest BCUT2D eigenvalue weighted by Crippen LogP contribution is -2.53. The summed E-state index contributed by atoms with van der Waals surface area (Å²) in [5.74, 6) is 1.90.